The number of piperazine rings is 1. The maximum Gasteiger partial charge on any atom is 0.295 e. The van der Waals surface area contributed by atoms with Gasteiger partial charge in [-0.05, 0) is 6.92 Å². The summed E-state index contributed by atoms with van der Waals surface area (Å²) in [5.74, 6) is 0.749. The van der Waals surface area contributed by atoms with E-state index in [1.54, 1.807) is 0 Å². The number of H-pyrrole nitrogens is 1. The molecule has 1 aromatic heterocycles. The van der Waals surface area contributed by atoms with E-state index in [1.807, 2.05) is 11.8 Å². The smallest absolute Gasteiger partial charge is 0.295 e. The van der Waals surface area contributed by atoms with Crippen LogP contribution in [-0.2, 0) is 6.54 Å². The van der Waals surface area contributed by atoms with Crippen molar-refractivity contribution < 1.29 is 14.1 Å². The Morgan fingerprint density at radius 2 is 2.08 bits per heavy atom. The summed E-state index contributed by atoms with van der Waals surface area (Å²) < 4.78 is 18.8. The van der Waals surface area contributed by atoms with Crippen LogP contribution in [0, 0.1) is 22.9 Å². The SMILES string of the molecule is COc1cc(N2CCN(Cc3n[nH]c(C)n3)CC2)c([N+](=O)[O-])cc1F. The van der Waals surface area contributed by atoms with Crippen molar-refractivity contribution in [3.8, 4) is 5.75 Å². The number of nitrogens with one attached hydrogen (secondary N) is 1. The van der Waals surface area contributed by atoms with Crippen LogP contribution >= 0.6 is 0 Å². The number of hydrogen-bond donors (Lipinski definition) is 1. The van der Waals surface area contributed by atoms with Gasteiger partial charge in [0.05, 0.1) is 24.6 Å². The molecule has 2 heterocycles. The van der Waals surface area contributed by atoms with Crippen LogP contribution in [0.1, 0.15) is 11.6 Å². The lowest BCUT2D eigenvalue weighted by Crippen LogP contribution is -2.46. The molecule has 9 nitrogen and oxygen atoms in total. The fourth-order valence-electron chi connectivity index (χ4n) is 2.89. The first-order valence-electron chi connectivity index (χ1n) is 7.85. The van der Waals surface area contributed by atoms with E-state index in [-0.39, 0.29) is 11.4 Å². The second-order valence-corrected chi connectivity index (χ2v) is 5.83. The molecule has 3 rings (SSSR count). The lowest BCUT2D eigenvalue weighted by Gasteiger charge is -2.35. The van der Waals surface area contributed by atoms with Crippen molar-refractivity contribution in [1.29, 1.82) is 0 Å². The summed E-state index contributed by atoms with van der Waals surface area (Å²) in [6.45, 7) is 5.02. The Morgan fingerprint density at radius 1 is 1.36 bits per heavy atom. The van der Waals surface area contributed by atoms with Gasteiger partial charge in [0.25, 0.3) is 5.69 Å². The van der Waals surface area contributed by atoms with Crippen LogP contribution < -0.4 is 9.64 Å². The topological polar surface area (TPSA) is 100 Å². The van der Waals surface area contributed by atoms with E-state index >= 15 is 0 Å². The number of ether oxygens (including phenoxy) is 1. The van der Waals surface area contributed by atoms with Crippen LogP contribution in [0.3, 0.4) is 0 Å². The number of aromatic nitrogens is 3. The number of benzene rings is 1. The van der Waals surface area contributed by atoms with E-state index < -0.39 is 10.7 Å². The number of halogens is 1. The molecule has 0 bridgehead atoms. The predicted octanol–water partition coefficient (Wildman–Crippen LogP) is 1.49. The summed E-state index contributed by atoms with van der Waals surface area (Å²) in [5.41, 5.74) is 0.119. The Balaban J connectivity index is 1.72. The summed E-state index contributed by atoms with van der Waals surface area (Å²) in [5, 5.41) is 18.2. The Kier molecular flexibility index (Phi) is 4.79. The van der Waals surface area contributed by atoms with Crippen molar-refractivity contribution in [3.63, 3.8) is 0 Å². The minimum absolute atomic E-state index is 0.000715. The van der Waals surface area contributed by atoms with Crippen LogP contribution in [0.25, 0.3) is 0 Å². The molecule has 1 aliphatic heterocycles. The van der Waals surface area contributed by atoms with Crippen LogP contribution in [0.15, 0.2) is 12.1 Å². The zero-order chi connectivity index (χ0) is 18.0. The highest BCUT2D eigenvalue weighted by Crippen LogP contribution is 2.35. The number of hydrogen-bond acceptors (Lipinski definition) is 7. The minimum Gasteiger partial charge on any atom is -0.494 e. The standard InChI is InChI=1S/C15H19FN6O3/c1-10-17-15(19-18-10)9-20-3-5-21(6-4-20)12-8-14(25-2)11(16)7-13(12)22(23)24/h7-8H,3-6,9H2,1-2H3,(H,17,18,19). The first-order valence-corrected chi connectivity index (χ1v) is 7.85. The summed E-state index contributed by atoms with van der Waals surface area (Å²) in [7, 11) is 1.34. The van der Waals surface area contributed by atoms with Gasteiger partial charge in [-0.3, -0.25) is 20.1 Å². The molecule has 0 saturated carbocycles. The third-order valence-corrected chi connectivity index (χ3v) is 4.17. The fourth-order valence-corrected chi connectivity index (χ4v) is 2.89. The largest absolute Gasteiger partial charge is 0.494 e. The molecule has 0 radical (unpaired) electrons. The van der Waals surface area contributed by atoms with Crippen LogP contribution in [0.4, 0.5) is 15.8 Å². The summed E-state index contributed by atoms with van der Waals surface area (Å²) >= 11 is 0. The van der Waals surface area contributed by atoms with E-state index in [0.29, 0.717) is 38.4 Å². The van der Waals surface area contributed by atoms with Gasteiger partial charge in [0, 0.05) is 32.2 Å². The molecule has 25 heavy (non-hydrogen) atoms. The molecule has 1 aliphatic rings. The van der Waals surface area contributed by atoms with Gasteiger partial charge in [-0.1, -0.05) is 0 Å². The van der Waals surface area contributed by atoms with Crippen molar-refractivity contribution in [2.24, 2.45) is 0 Å². The van der Waals surface area contributed by atoms with Crippen molar-refractivity contribution in [3.05, 3.63) is 39.7 Å². The zero-order valence-corrected chi connectivity index (χ0v) is 14.0. The number of nitro groups is 1. The molecule has 0 spiro atoms. The quantitative estimate of drug-likeness (QED) is 0.644. The molecular weight excluding hydrogens is 331 g/mol. The number of nitro benzene ring substituents is 1. The molecule has 1 aromatic carbocycles. The van der Waals surface area contributed by atoms with Gasteiger partial charge >= 0.3 is 0 Å². The highest BCUT2D eigenvalue weighted by Gasteiger charge is 2.26. The van der Waals surface area contributed by atoms with Crippen LogP contribution in [0.2, 0.25) is 0 Å². The Morgan fingerprint density at radius 3 is 2.64 bits per heavy atom. The average molecular weight is 350 g/mol. The van der Waals surface area contributed by atoms with Gasteiger partial charge in [0.2, 0.25) is 0 Å². The first kappa shape index (κ1) is 17.1. The van der Waals surface area contributed by atoms with Crippen molar-refractivity contribution in [2.45, 2.75) is 13.5 Å². The highest BCUT2D eigenvalue weighted by atomic mass is 19.1. The number of methoxy groups -OCH3 is 1. The van der Waals surface area contributed by atoms with Gasteiger partial charge in [-0.2, -0.15) is 5.10 Å². The number of rotatable bonds is 5. The van der Waals surface area contributed by atoms with Crippen molar-refractivity contribution >= 4 is 11.4 Å². The number of aryl methyl sites for hydroxylation is 1. The maximum absolute atomic E-state index is 13.8. The molecule has 0 unspecified atom stereocenters. The fraction of sp³-hybridized carbons (Fsp3) is 0.467. The van der Waals surface area contributed by atoms with Gasteiger partial charge in [0.15, 0.2) is 17.4 Å². The normalized spacial score (nSPS) is 15.4. The van der Waals surface area contributed by atoms with Crippen LogP contribution in [0.5, 0.6) is 5.75 Å². The second kappa shape index (κ2) is 7.01. The van der Waals surface area contributed by atoms with Crippen molar-refractivity contribution in [2.75, 3.05) is 38.2 Å². The summed E-state index contributed by atoms with van der Waals surface area (Å²) in [6, 6.07) is 2.30. The maximum atomic E-state index is 13.8. The Bertz CT molecular complexity index is 773. The molecule has 1 saturated heterocycles. The van der Waals surface area contributed by atoms with Gasteiger partial charge in [0.1, 0.15) is 11.5 Å². The minimum atomic E-state index is -0.739. The summed E-state index contributed by atoms with van der Waals surface area (Å²) in [4.78, 5) is 19.0. The lowest BCUT2D eigenvalue weighted by atomic mass is 10.2. The molecule has 0 amide bonds. The van der Waals surface area contributed by atoms with E-state index in [4.69, 9.17) is 4.74 Å². The van der Waals surface area contributed by atoms with E-state index in [9.17, 15) is 14.5 Å². The van der Waals surface area contributed by atoms with E-state index in [0.717, 1.165) is 17.7 Å². The molecule has 0 aliphatic carbocycles. The predicted molar refractivity (Wildman–Crippen MR) is 88.2 cm³/mol. The van der Waals surface area contributed by atoms with Gasteiger partial charge in [-0.25, -0.2) is 9.37 Å². The zero-order valence-electron chi connectivity index (χ0n) is 14.0. The van der Waals surface area contributed by atoms with Gasteiger partial charge < -0.3 is 9.64 Å². The Labute approximate surface area is 143 Å². The second-order valence-electron chi connectivity index (χ2n) is 5.83. The number of aromatic amines is 1. The van der Waals surface area contributed by atoms with Crippen LogP contribution in [-0.4, -0.2) is 58.3 Å². The third kappa shape index (κ3) is 3.68. The highest BCUT2D eigenvalue weighted by molar-refractivity contribution is 5.66. The third-order valence-electron chi connectivity index (χ3n) is 4.17. The molecular formula is C15H19FN6O3. The molecule has 2 aromatic rings. The molecule has 1 N–H and O–H groups in total. The van der Waals surface area contributed by atoms with Crippen molar-refractivity contribution in [1.82, 2.24) is 20.1 Å². The molecule has 10 heteroatoms. The monoisotopic (exact) mass is 350 g/mol. The molecule has 0 atom stereocenters. The van der Waals surface area contributed by atoms with Gasteiger partial charge in [-0.15, -0.1) is 0 Å². The van der Waals surface area contributed by atoms with E-state index in [1.165, 1.54) is 13.2 Å². The Hall–Kier alpha value is -2.75. The number of nitrogens with zero attached hydrogens (tertiary/aromatic N) is 5. The average Bonchev–Trinajstić information content (AvgIpc) is 3.00. The van der Waals surface area contributed by atoms with E-state index in [2.05, 4.69) is 20.1 Å². The summed E-state index contributed by atoms with van der Waals surface area (Å²) in [6.07, 6.45) is 0. The molecule has 134 valence electrons. The molecule has 1 fully saturated rings. The lowest BCUT2D eigenvalue weighted by molar-refractivity contribution is -0.384. The number of anilines is 1. The first-order chi connectivity index (χ1) is 12.0.